The van der Waals surface area contributed by atoms with Crippen LogP contribution in [-0.2, 0) is 19.2 Å². The molecule has 0 amide bonds. The second kappa shape index (κ2) is 19.9. The van der Waals surface area contributed by atoms with E-state index < -0.39 is 48.3 Å². The van der Waals surface area contributed by atoms with Gasteiger partial charge in [0.25, 0.3) is 0 Å². The van der Waals surface area contributed by atoms with Crippen molar-refractivity contribution in [3.05, 3.63) is 0 Å². The second-order valence-corrected chi connectivity index (χ2v) is 5.70. The van der Waals surface area contributed by atoms with Crippen LogP contribution in [0.2, 0.25) is 0 Å². The summed E-state index contributed by atoms with van der Waals surface area (Å²) in [6.07, 6.45) is -2.56. The maximum atomic E-state index is 9.77. The van der Waals surface area contributed by atoms with Crippen LogP contribution in [0.3, 0.4) is 0 Å². The molecule has 4 unspecified atom stereocenters. The normalized spacial score (nSPS) is 13.9. The Morgan fingerprint density at radius 3 is 0.733 bits per heavy atom. The van der Waals surface area contributed by atoms with E-state index in [0.717, 1.165) is 25.7 Å². The molecule has 0 fully saturated rings. The molecule has 0 rings (SSSR count). The molecular formula is C16H30O14. The number of aliphatic carboxylic acids is 4. The van der Waals surface area contributed by atoms with E-state index in [9.17, 15) is 19.2 Å². The van der Waals surface area contributed by atoms with Crippen molar-refractivity contribution in [1.82, 2.24) is 0 Å². The van der Waals surface area contributed by atoms with Gasteiger partial charge in [-0.25, -0.2) is 19.2 Å². The van der Waals surface area contributed by atoms with Crippen molar-refractivity contribution in [1.29, 1.82) is 0 Å². The topological polar surface area (TPSA) is 271 Å². The highest BCUT2D eigenvalue weighted by molar-refractivity contribution is 5.83. The van der Waals surface area contributed by atoms with E-state index in [1.165, 1.54) is 12.8 Å². The number of unbranched alkanes of at least 4 members (excludes halogenated alkanes) is 5. The molecule has 4 atom stereocenters. The number of aliphatic hydroxyl groups excluding tert-OH is 6. The average molecular weight is 446 g/mol. The Kier molecular flexibility index (Phi) is 21.5. The maximum absolute atomic E-state index is 9.77. The standard InChI is InChI=1S/C8H18O2.2C4H6O6/c9-7-5-3-1-2-4-6-8-10;2*5-1(3(7)8)2(6)4(9)10/h9-10H,1-8H2;2*1-2,5-6H,(H,7,8)(H,9,10). The van der Waals surface area contributed by atoms with Gasteiger partial charge in [0.05, 0.1) is 0 Å². The van der Waals surface area contributed by atoms with Crippen LogP contribution in [0.4, 0.5) is 0 Å². The Labute approximate surface area is 171 Å². The molecule has 178 valence electrons. The Morgan fingerprint density at radius 2 is 0.600 bits per heavy atom. The lowest BCUT2D eigenvalue weighted by Crippen LogP contribution is -2.39. The van der Waals surface area contributed by atoms with E-state index in [2.05, 4.69) is 0 Å². The van der Waals surface area contributed by atoms with Gasteiger partial charge in [0.2, 0.25) is 0 Å². The van der Waals surface area contributed by atoms with Crippen molar-refractivity contribution in [3.8, 4) is 0 Å². The summed E-state index contributed by atoms with van der Waals surface area (Å²) < 4.78 is 0. The minimum atomic E-state index is -2.27. The van der Waals surface area contributed by atoms with Crippen LogP contribution in [0.1, 0.15) is 38.5 Å². The minimum Gasteiger partial charge on any atom is -0.479 e. The van der Waals surface area contributed by atoms with Crippen LogP contribution in [0.5, 0.6) is 0 Å². The Morgan fingerprint density at radius 1 is 0.433 bits per heavy atom. The third-order valence-electron chi connectivity index (χ3n) is 3.18. The van der Waals surface area contributed by atoms with Gasteiger partial charge in [-0.05, 0) is 12.8 Å². The van der Waals surface area contributed by atoms with Gasteiger partial charge in [0, 0.05) is 13.2 Å². The summed E-state index contributed by atoms with van der Waals surface area (Å²) in [7, 11) is 0. The highest BCUT2D eigenvalue weighted by Crippen LogP contribution is 2.03. The van der Waals surface area contributed by atoms with Crippen LogP contribution >= 0.6 is 0 Å². The molecule has 0 aliphatic carbocycles. The first kappa shape index (κ1) is 32.3. The van der Waals surface area contributed by atoms with E-state index in [0.29, 0.717) is 13.2 Å². The summed E-state index contributed by atoms with van der Waals surface area (Å²) in [6, 6.07) is 0. The molecule has 0 bridgehead atoms. The number of carbonyl (C=O) groups is 4. The van der Waals surface area contributed by atoms with Gasteiger partial charge in [-0.1, -0.05) is 25.7 Å². The zero-order valence-corrected chi connectivity index (χ0v) is 16.1. The predicted octanol–water partition coefficient (Wildman–Crippen LogP) is -2.93. The van der Waals surface area contributed by atoms with E-state index >= 15 is 0 Å². The number of carboxylic acid groups (broad SMARTS) is 4. The number of aliphatic hydroxyl groups is 6. The van der Waals surface area contributed by atoms with Crippen molar-refractivity contribution in [2.24, 2.45) is 0 Å². The van der Waals surface area contributed by atoms with Gasteiger partial charge < -0.3 is 51.1 Å². The second-order valence-electron chi connectivity index (χ2n) is 5.70. The number of hydrogen-bond acceptors (Lipinski definition) is 10. The molecule has 0 saturated carbocycles. The highest BCUT2D eigenvalue weighted by atomic mass is 16.4. The van der Waals surface area contributed by atoms with Gasteiger partial charge in [-0.3, -0.25) is 0 Å². The lowest BCUT2D eigenvalue weighted by Gasteiger charge is -2.07. The van der Waals surface area contributed by atoms with Crippen LogP contribution in [0.25, 0.3) is 0 Å². The molecule has 0 aliphatic rings. The Hall–Kier alpha value is -2.36. The van der Waals surface area contributed by atoms with Crippen LogP contribution in [0, 0.1) is 0 Å². The molecular weight excluding hydrogens is 416 g/mol. The summed E-state index contributed by atoms with van der Waals surface area (Å²) >= 11 is 0. The van der Waals surface area contributed by atoms with E-state index in [1.54, 1.807) is 0 Å². The fraction of sp³-hybridized carbons (Fsp3) is 0.750. The molecule has 0 aromatic rings. The summed E-state index contributed by atoms with van der Waals surface area (Å²) in [6.45, 7) is 0.639. The zero-order chi connectivity index (χ0) is 24.3. The molecule has 0 aromatic carbocycles. The van der Waals surface area contributed by atoms with Gasteiger partial charge in [0.1, 0.15) is 0 Å². The SMILES string of the molecule is O=C(O)C(O)C(O)C(=O)O.O=C(O)C(O)C(O)C(=O)O.OCCCCCCCCO. The summed E-state index contributed by atoms with van der Waals surface area (Å²) in [5, 5.41) is 81.9. The van der Waals surface area contributed by atoms with Gasteiger partial charge in [0.15, 0.2) is 24.4 Å². The fourth-order valence-electron chi connectivity index (χ4n) is 1.47. The molecule has 0 aromatic heterocycles. The fourth-order valence-corrected chi connectivity index (χ4v) is 1.47. The molecule has 0 radical (unpaired) electrons. The van der Waals surface area contributed by atoms with Crippen molar-refractivity contribution in [2.45, 2.75) is 62.9 Å². The van der Waals surface area contributed by atoms with Crippen molar-refractivity contribution >= 4 is 23.9 Å². The molecule has 0 aliphatic heterocycles. The van der Waals surface area contributed by atoms with E-state index in [4.69, 9.17) is 51.1 Å². The summed E-state index contributed by atoms with van der Waals surface area (Å²) in [5.41, 5.74) is 0. The van der Waals surface area contributed by atoms with Gasteiger partial charge in [-0.15, -0.1) is 0 Å². The van der Waals surface area contributed by atoms with E-state index in [-0.39, 0.29) is 0 Å². The molecule has 10 N–H and O–H groups in total. The van der Waals surface area contributed by atoms with Crippen LogP contribution < -0.4 is 0 Å². The van der Waals surface area contributed by atoms with Crippen molar-refractivity contribution in [2.75, 3.05) is 13.2 Å². The smallest absolute Gasteiger partial charge is 0.335 e. The van der Waals surface area contributed by atoms with Crippen molar-refractivity contribution < 1.29 is 70.2 Å². The average Bonchev–Trinajstić information content (AvgIpc) is 2.68. The van der Waals surface area contributed by atoms with E-state index in [1.807, 2.05) is 0 Å². The Bertz CT molecular complexity index is 414. The first-order chi connectivity index (χ1) is 13.8. The first-order valence-electron chi connectivity index (χ1n) is 8.70. The summed E-state index contributed by atoms with van der Waals surface area (Å²) in [4.78, 5) is 39.1. The Balaban J connectivity index is -0.000000364. The van der Waals surface area contributed by atoms with Gasteiger partial charge >= 0.3 is 23.9 Å². The quantitative estimate of drug-likeness (QED) is 0.127. The first-order valence-corrected chi connectivity index (χ1v) is 8.70. The minimum absolute atomic E-state index is 0.319. The molecule has 14 heteroatoms. The third kappa shape index (κ3) is 19.0. The number of rotatable bonds is 13. The molecule has 30 heavy (non-hydrogen) atoms. The number of carboxylic acids is 4. The third-order valence-corrected chi connectivity index (χ3v) is 3.18. The highest BCUT2D eigenvalue weighted by Gasteiger charge is 2.30. The zero-order valence-electron chi connectivity index (χ0n) is 16.1. The molecule has 0 spiro atoms. The maximum Gasteiger partial charge on any atom is 0.335 e. The largest absolute Gasteiger partial charge is 0.479 e. The number of hydrogen-bond donors (Lipinski definition) is 10. The van der Waals surface area contributed by atoms with Gasteiger partial charge in [-0.2, -0.15) is 0 Å². The monoisotopic (exact) mass is 446 g/mol. The lowest BCUT2D eigenvalue weighted by molar-refractivity contribution is -0.165. The lowest BCUT2D eigenvalue weighted by atomic mass is 10.1. The summed E-state index contributed by atoms with van der Waals surface area (Å²) in [5.74, 6) is -7.07. The molecule has 0 saturated heterocycles. The van der Waals surface area contributed by atoms with Crippen LogP contribution in [0.15, 0.2) is 0 Å². The predicted molar refractivity (Wildman–Crippen MR) is 96.4 cm³/mol. The van der Waals surface area contributed by atoms with Crippen LogP contribution in [-0.4, -0.2) is 113 Å². The van der Waals surface area contributed by atoms with Crippen molar-refractivity contribution in [3.63, 3.8) is 0 Å². The molecule has 14 nitrogen and oxygen atoms in total. The molecule has 0 heterocycles.